The lowest BCUT2D eigenvalue weighted by atomic mass is 10.3. The zero-order valence-electron chi connectivity index (χ0n) is 9.03. The molecule has 0 atom stereocenters. The van der Waals surface area contributed by atoms with Gasteiger partial charge < -0.3 is 0 Å². The van der Waals surface area contributed by atoms with Crippen LogP contribution >= 0.6 is 34.5 Å². The van der Waals surface area contributed by atoms with Gasteiger partial charge in [0.2, 0.25) is 10.0 Å². The van der Waals surface area contributed by atoms with Gasteiger partial charge in [-0.15, -0.1) is 11.3 Å². The van der Waals surface area contributed by atoms with Gasteiger partial charge in [0.05, 0.1) is 4.34 Å². The predicted octanol–water partition coefficient (Wildman–Crippen LogP) is 3.48. The molecule has 16 heavy (non-hydrogen) atoms. The number of unbranched alkanes of at least 4 members (excludes halogenated alkanes) is 1. The number of halogens is 2. The van der Waals surface area contributed by atoms with E-state index in [2.05, 4.69) is 0 Å². The highest BCUT2D eigenvalue weighted by Gasteiger charge is 2.25. The van der Waals surface area contributed by atoms with E-state index < -0.39 is 10.0 Å². The summed E-state index contributed by atoms with van der Waals surface area (Å²) in [5, 5.41) is 0. The Morgan fingerprint density at radius 2 is 2.06 bits per heavy atom. The fraction of sp³-hybridized carbons (Fsp3) is 0.556. The van der Waals surface area contributed by atoms with Crippen molar-refractivity contribution in [1.82, 2.24) is 4.31 Å². The third-order valence-electron chi connectivity index (χ3n) is 2.14. The van der Waals surface area contributed by atoms with Crippen LogP contribution in [0.2, 0.25) is 8.67 Å². The summed E-state index contributed by atoms with van der Waals surface area (Å²) >= 11 is 12.6. The molecule has 1 aromatic rings. The third kappa shape index (κ3) is 3.11. The van der Waals surface area contributed by atoms with Gasteiger partial charge in [-0.05, 0) is 12.5 Å². The standard InChI is InChI=1S/C9H13Cl2NO2S2/c1-3-4-5-12(2)16(13,14)7-6-8(10)15-9(7)11/h6H,3-5H2,1-2H3. The molecule has 0 aliphatic carbocycles. The molecule has 3 nitrogen and oxygen atoms in total. The van der Waals surface area contributed by atoms with Crippen molar-refractivity contribution >= 4 is 44.6 Å². The highest BCUT2D eigenvalue weighted by atomic mass is 35.5. The van der Waals surface area contributed by atoms with Gasteiger partial charge in [0.15, 0.2) is 0 Å². The van der Waals surface area contributed by atoms with Crippen LogP contribution < -0.4 is 0 Å². The molecule has 0 spiro atoms. The van der Waals surface area contributed by atoms with Crippen LogP contribution in [0, 0.1) is 0 Å². The van der Waals surface area contributed by atoms with E-state index in [1.807, 2.05) is 6.92 Å². The monoisotopic (exact) mass is 301 g/mol. The molecule has 92 valence electrons. The maximum Gasteiger partial charge on any atom is 0.245 e. The molecule has 7 heteroatoms. The first-order valence-electron chi connectivity index (χ1n) is 4.80. The Hall–Kier alpha value is 0.190. The number of thiophene rings is 1. The van der Waals surface area contributed by atoms with E-state index in [0.717, 1.165) is 24.2 Å². The molecule has 0 aliphatic rings. The Balaban J connectivity index is 2.97. The Kier molecular flexibility index (Phi) is 5.07. The van der Waals surface area contributed by atoms with Crippen LogP contribution in [-0.4, -0.2) is 26.3 Å². The minimum atomic E-state index is -3.49. The Morgan fingerprint density at radius 1 is 1.44 bits per heavy atom. The average molecular weight is 302 g/mol. The zero-order chi connectivity index (χ0) is 12.3. The van der Waals surface area contributed by atoms with Gasteiger partial charge in [-0.3, -0.25) is 0 Å². The molecular weight excluding hydrogens is 289 g/mol. The van der Waals surface area contributed by atoms with E-state index >= 15 is 0 Å². The van der Waals surface area contributed by atoms with E-state index in [-0.39, 0.29) is 9.23 Å². The number of hydrogen-bond donors (Lipinski definition) is 0. The average Bonchev–Trinajstić information content (AvgIpc) is 2.54. The molecule has 0 saturated heterocycles. The van der Waals surface area contributed by atoms with Gasteiger partial charge in [0.1, 0.15) is 9.23 Å². The second kappa shape index (κ2) is 5.69. The summed E-state index contributed by atoms with van der Waals surface area (Å²) in [5.74, 6) is 0. The van der Waals surface area contributed by atoms with Crippen molar-refractivity contribution in [1.29, 1.82) is 0 Å². The lowest BCUT2D eigenvalue weighted by molar-refractivity contribution is 0.459. The largest absolute Gasteiger partial charge is 0.245 e. The van der Waals surface area contributed by atoms with E-state index in [1.54, 1.807) is 7.05 Å². The van der Waals surface area contributed by atoms with Gasteiger partial charge in [-0.2, -0.15) is 0 Å². The molecule has 1 aromatic heterocycles. The molecule has 0 saturated carbocycles. The molecule has 0 unspecified atom stereocenters. The number of nitrogens with zero attached hydrogens (tertiary/aromatic N) is 1. The van der Waals surface area contributed by atoms with E-state index in [9.17, 15) is 8.42 Å². The maximum atomic E-state index is 12.1. The van der Waals surface area contributed by atoms with E-state index in [4.69, 9.17) is 23.2 Å². The summed E-state index contributed by atoms with van der Waals surface area (Å²) in [5.41, 5.74) is 0. The summed E-state index contributed by atoms with van der Waals surface area (Å²) in [6.07, 6.45) is 1.77. The smallest absolute Gasteiger partial charge is 0.207 e. The van der Waals surface area contributed by atoms with Crippen molar-refractivity contribution in [3.63, 3.8) is 0 Å². The van der Waals surface area contributed by atoms with Crippen LogP contribution in [0.15, 0.2) is 11.0 Å². The fourth-order valence-corrected chi connectivity index (χ4v) is 4.49. The van der Waals surface area contributed by atoms with Crippen molar-refractivity contribution in [2.45, 2.75) is 24.7 Å². The lowest BCUT2D eigenvalue weighted by Crippen LogP contribution is -2.27. The molecule has 1 heterocycles. The molecule has 0 fully saturated rings. The van der Waals surface area contributed by atoms with Crippen molar-refractivity contribution in [3.8, 4) is 0 Å². The second-order valence-corrected chi connectivity index (χ2v) is 7.67. The minimum absolute atomic E-state index is 0.0998. The molecule has 1 rings (SSSR count). The predicted molar refractivity (Wildman–Crippen MR) is 69.1 cm³/mol. The topological polar surface area (TPSA) is 37.4 Å². The lowest BCUT2D eigenvalue weighted by Gasteiger charge is -2.15. The quantitative estimate of drug-likeness (QED) is 0.835. The number of sulfonamides is 1. The Bertz CT molecular complexity index is 456. The maximum absolute atomic E-state index is 12.1. The Labute approximate surface area is 110 Å². The SMILES string of the molecule is CCCCN(C)S(=O)(=O)c1cc(Cl)sc1Cl. The summed E-state index contributed by atoms with van der Waals surface area (Å²) in [7, 11) is -1.95. The van der Waals surface area contributed by atoms with Crippen LogP contribution in [0.25, 0.3) is 0 Å². The first-order chi connectivity index (χ1) is 7.39. The number of rotatable bonds is 5. The van der Waals surface area contributed by atoms with E-state index in [1.165, 1.54) is 10.4 Å². The first-order valence-corrected chi connectivity index (χ1v) is 7.82. The molecule has 0 aromatic carbocycles. The van der Waals surface area contributed by atoms with Gasteiger partial charge >= 0.3 is 0 Å². The van der Waals surface area contributed by atoms with Crippen LogP contribution in [0.3, 0.4) is 0 Å². The van der Waals surface area contributed by atoms with E-state index in [0.29, 0.717) is 10.9 Å². The molecule has 0 N–H and O–H groups in total. The fourth-order valence-electron chi connectivity index (χ4n) is 1.17. The highest BCUT2D eigenvalue weighted by molar-refractivity contribution is 7.89. The molecular formula is C9H13Cl2NO2S2. The van der Waals surface area contributed by atoms with Crippen LogP contribution in [-0.2, 0) is 10.0 Å². The normalized spacial score (nSPS) is 12.3. The third-order valence-corrected chi connectivity index (χ3v) is 5.75. The number of hydrogen-bond acceptors (Lipinski definition) is 3. The molecule has 0 aliphatic heterocycles. The van der Waals surface area contributed by atoms with Crippen molar-refractivity contribution in [2.24, 2.45) is 0 Å². The molecule has 0 radical (unpaired) electrons. The van der Waals surface area contributed by atoms with Crippen molar-refractivity contribution in [2.75, 3.05) is 13.6 Å². The van der Waals surface area contributed by atoms with Gasteiger partial charge in [0.25, 0.3) is 0 Å². The Morgan fingerprint density at radius 3 is 2.50 bits per heavy atom. The van der Waals surface area contributed by atoms with Crippen molar-refractivity contribution < 1.29 is 8.42 Å². The van der Waals surface area contributed by atoms with Crippen LogP contribution in [0.1, 0.15) is 19.8 Å². The van der Waals surface area contributed by atoms with Gasteiger partial charge in [-0.25, -0.2) is 12.7 Å². The summed E-state index contributed by atoms with van der Waals surface area (Å²) in [6.45, 7) is 2.50. The minimum Gasteiger partial charge on any atom is -0.207 e. The zero-order valence-corrected chi connectivity index (χ0v) is 12.2. The first kappa shape index (κ1) is 14.3. The summed E-state index contributed by atoms with van der Waals surface area (Å²) < 4.78 is 26.0. The van der Waals surface area contributed by atoms with Crippen molar-refractivity contribution in [3.05, 3.63) is 14.7 Å². The molecule has 0 amide bonds. The summed E-state index contributed by atoms with van der Waals surface area (Å²) in [6, 6.07) is 1.40. The van der Waals surface area contributed by atoms with Crippen LogP contribution in [0.4, 0.5) is 0 Å². The van der Waals surface area contributed by atoms with Crippen LogP contribution in [0.5, 0.6) is 0 Å². The van der Waals surface area contributed by atoms with Gasteiger partial charge in [-0.1, -0.05) is 36.5 Å². The second-order valence-electron chi connectivity index (χ2n) is 3.37. The van der Waals surface area contributed by atoms with Gasteiger partial charge in [0, 0.05) is 13.6 Å². The molecule has 0 bridgehead atoms. The summed E-state index contributed by atoms with van der Waals surface area (Å²) in [4.78, 5) is 0.0998. The highest BCUT2D eigenvalue weighted by Crippen LogP contribution is 2.35.